The lowest BCUT2D eigenvalue weighted by Crippen LogP contribution is -2.50. The summed E-state index contributed by atoms with van der Waals surface area (Å²) < 4.78 is 5.07. The Morgan fingerprint density at radius 1 is 1.32 bits per heavy atom. The number of amides is 1. The van der Waals surface area contributed by atoms with Crippen molar-refractivity contribution >= 4 is 23.2 Å². The van der Waals surface area contributed by atoms with Gasteiger partial charge in [-0.1, -0.05) is 30.3 Å². The van der Waals surface area contributed by atoms with E-state index in [0.29, 0.717) is 17.0 Å². The molecule has 1 aromatic carbocycles. The molecule has 0 aliphatic carbocycles. The van der Waals surface area contributed by atoms with Gasteiger partial charge in [0.05, 0.1) is 29.3 Å². The fourth-order valence-electron chi connectivity index (χ4n) is 2.62. The molecule has 134 valence electrons. The van der Waals surface area contributed by atoms with Crippen molar-refractivity contribution in [2.75, 3.05) is 13.7 Å². The van der Waals surface area contributed by atoms with Gasteiger partial charge in [-0.25, -0.2) is 4.98 Å². The Hall–Kier alpha value is -2.25. The SMILES string of the molecule is COCC(C)(CC(=O)O)NC(=O)c1sc(Cc2ccccc2)nc1C. The fraction of sp³-hybridized carbons (Fsp3) is 0.389. The molecule has 1 aromatic heterocycles. The summed E-state index contributed by atoms with van der Waals surface area (Å²) in [5.41, 5.74) is 0.787. The monoisotopic (exact) mass is 362 g/mol. The number of hydrogen-bond acceptors (Lipinski definition) is 5. The molecule has 1 unspecified atom stereocenters. The molecule has 0 saturated carbocycles. The zero-order chi connectivity index (χ0) is 18.4. The maximum absolute atomic E-state index is 12.6. The van der Waals surface area contributed by atoms with Crippen molar-refractivity contribution < 1.29 is 19.4 Å². The largest absolute Gasteiger partial charge is 0.481 e. The van der Waals surface area contributed by atoms with Gasteiger partial charge in [0, 0.05) is 13.5 Å². The highest BCUT2D eigenvalue weighted by Gasteiger charge is 2.31. The average molecular weight is 362 g/mol. The second-order valence-electron chi connectivity index (χ2n) is 6.20. The first-order valence-corrected chi connectivity index (χ1v) is 8.68. The predicted octanol–water partition coefficient (Wildman–Crippen LogP) is 2.65. The Labute approximate surface area is 150 Å². The fourth-order valence-corrected chi connectivity index (χ4v) is 3.62. The summed E-state index contributed by atoms with van der Waals surface area (Å²) in [5, 5.41) is 12.7. The number of carboxylic acid groups (broad SMARTS) is 1. The van der Waals surface area contributed by atoms with E-state index in [0.717, 1.165) is 10.6 Å². The van der Waals surface area contributed by atoms with Gasteiger partial charge in [0.1, 0.15) is 4.88 Å². The lowest BCUT2D eigenvalue weighted by Gasteiger charge is -2.28. The number of aliphatic carboxylic acids is 1. The van der Waals surface area contributed by atoms with Crippen LogP contribution in [-0.4, -0.2) is 41.2 Å². The van der Waals surface area contributed by atoms with E-state index < -0.39 is 11.5 Å². The molecule has 6 nitrogen and oxygen atoms in total. The number of carbonyl (C=O) groups is 2. The second-order valence-corrected chi connectivity index (χ2v) is 7.29. The lowest BCUT2D eigenvalue weighted by molar-refractivity contribution is -0.139. The minimum absolute atomic E-state index is 0.111. The Balaban J connectivity index is 2.14. The molecule has 0 spiro atoms. The number of carbonyl (C=O) groups excluding carboxylic acids is 1. The topological polar surface area (TPSA) is 88.5 Å². The first-order chi connectivity index (χ1) is 11.8. The molecule has 25 heavy (non-hydrogen) atoms. The van der Waals surface area contributed by atoms with E-state index in [1.54, 1.807) is 13.8 Å². The molecule has 0 saturated heterocycles. The molecule has 0 radical (unpaired) electrons. The van der Waals surface area contributed by atoms with Crippen molar-refractivity contribution in [1.29, 1.82) is 0 Å². The van der Waals surface area contributed by atoms with Gasteiger partial charge in [0.2, 0.25) is 0 Å². The Bertz CT molecular complexity index is 745. The van der Waals surface area contributed by atoms with Crippen LogP contribution < -0.4 is 5.32 Å². The van der Waals surface area contributed by atoms with Gasteiger partial charge in [0.15, 0.2) is 0 Å². The normalized spacial score (nSPS) is 13.2. The first-order valence-electron chi connectivity index (χ1n) is 7.86. The van der Waals surface area contributed by atoms with E-state index in [1.165, 1.54) is 18.4 Å². The van der Waals surface area contributed by atoms with Crippen molar-refractivity contribution in [3.63, 3.8) is 0 Å². The van der Waals surface area contributed by atoms with Crippen LogP contribution in [0.4, 0.5) is 0 Å². The summed E-state index contributed by atoms with van der Waals surface area (Å²) in [4.78, 5) is 28.7. The number of thiazole rings is 1. The van der Waals surface area contributed by atoms with Crippen LogP contribution in [0.1, 0.15) is 39.3 Å². The Kier molecular flexibility index (Phi) is 6.27. The summed E-state index contributed by atoms with van der Waals surface area (Å²) >= 11 is 1.33. The molecular formula is C18H22N2O4S. The van der Waals surface area contributed by atoms with Gasteiger partial charge in [-0.15, -0.1) is 11.3 Å². The Morgan fingerprint density at radius 2 is 2.00 bits per heavy atom. The molecule has 2 N–H and O–H groups in total. The number of methoxy groups -OCH3 is 1. The van der Waals surface area contributed by atoms with E-state index in [1.807, 2.05) is 30.3 Å². The van der Waals surface area contributed by atoms with Crippen LogP contribution in [0, 0.1) is 6.92 Å². The maximum atomic E-state index is 12.6. The maximum Gasteiger partial charge on any atom is 0.305 e. The summed E-state index contributed by atoms with van der Waals surface area (Å²) in [6.07, 6.45) is 0.436. The standard InChI is InChI=1S/C18H22N2O4S/c1-12-16(17(23)20-18(2,11-24-3)10-15(21)22)25-14(19-12)9-13-7-5-4-6-8-13/h4-8H,9-11H2,1-3H3,(H,20,23)(H,21,22). The van der Waals surface area contributed by atoms with E-state index in [2.05, 4.69) is 10.3 Å². The summed E-state index contributed by atoms with van der Waals surface area (Å²) in [6, 6.07) is 9.91. The quantitative estimate of drug-likeness (QED) is 0.754. The molecule has 0 aliphatic heterocycles. The van der Waals surface area contributed by atoms with Crippen molar-refractivity contribution in [3.05, 3.63) is 51.5 Å². The zero-order valence-corrected chi connectivity index (χ0v) is 15.4. The predicted molar refractivity (Wildman–Crippen MR) is 96.1 cm³/mol. The number of nitrogens with one attached hydrogen (secondary N) is 1. The van der Waals surface area contributed by atoms with Gasteiger partial charge in [-0.05, 0) is 19.4 Å². The molecule has 0 fully saturated rings. The van der Waals surface area contributed by atoms with Gasteiger partial charge in [0.25, 0.3) is 5.91 Å². The highest BCUT2D eigenvalue weighted by Crippen LogP contribution is 2.22. The van der Waals surface area contributed by atoms with Crippen molar-refractivity contribution in [1.82, 2.24) is 10.3 Å². The van der Waals surface area contributed by atoms with Crippen molar-refractivity contribution in [2.24, 2.45) is 0 Å². The third kappa shape index (κ3) is 5.37. The summed E-state index contributed by atoms with van der Waals surface area (Å²) in [6.45, 7) is 3.55. The third-order valence-corrected chi connectivity index (χ3v) is 4.82. The third-order valence-electron chi connectivity index (χ3n) is 3.66. The zero-order valence-electron chi connectivity index (χ0n) is 14.5. The van der Waals surface area contributed by atoms with Gasteiger partial charge >= 0.3 is 5.97 Å². The number of aryl methyl sites for hydroxylation is 1. The van der Waals surface area contributed by atoms with Gasteiger partial charge in [-0.2, -0.15) is 0 Å². The molecule has 0 bridgehead atoms. The highest BCUT2D eigenvalue weighted by molar-refractivity contribution is 7.13. The second kappa shape index (κ2) is 8.22. The van der Waals surface area contributed by atoms with Crippen LogP contribution in [0.5, 0.6) is 0 Å². The smallest absolute Gasteiger partial charge is 0.305 e. The molecular weight excluding hydrogens is 340 g/mol. The van der Waals surface area contributed by atoms with Gasteiger partial charge in [-0.3, -0.25) is 9.59 Å². The molecule has 7 heteroatoms. The number of rotatable bonds is 8. The Morgan fingerprint density at radius 3 is 2.60 bits per heavy atom. The number of nitrogens with zero attached hydrogens (tertiary/aromatic N) is 1. The number of hydrogen-bond donors (Lipinski definition) is 2. The van der Waals surface area contributed by atoms with Crippen LogP contribution in [0.3, 0.4) is 0 Å². The number of benzene rings is 1. The summed E-state index contributed by atoms with van der Waals surface area (Å²) in [5.74, 6) is -1.32. The van der Waals surface area contributed by atoms with Crippen LogP contribution in [0.2, 0.25) is 0 Å². The molecule has 2 rings (SSSR count). The highest BCUT2D eigenvalue weighted by atomic mass is 32.1. The number of ether oxygens (including phenoxy) is 1. The van der Waals surface area contributed by atoms with E-state index >= 15 is 0 Å². The molecule has 0 aliphatic rings. The van der Waals surface area contributed by atoms with Crippen LogP contribution in [-0.2, 0) is 16.0 Å². The van der Waals surface area contributed by atoms with Crippen molar-refractivity contribution in [3.8, 4) is 0 Å². The molecule has 1 atom stereocenters. The van der Waals surface area contributed by atoms with Crippen molar-refractivity contribution in [2.45, 2.75) is 32.2 Å². The molecule has 2 aromatic rings. The average Bonchev–Trinajstić information content (AvgIpc) is 2.88. The van der Waals surface area contributed by atoms with Crippen LogP contribution in [0.15, 0.2) is 30.3 Å². The molecule has 1 heterocycles. The van der Waals surface area contributed by atoms with E-state index in [4.69, 9.17) is 9.84 Å². The minimum Gasteiger partial charge on any atom is -0.481 e. The van der Waals surface area contributed by atoms with E-state index in [9.17, 15) is 9.59 Å². The van der Waals surface area contributed by atoms with Crippen LogP contribution in [0.25, 0.3) is 0 Å². The number of carboxylic acids is 1. The first kappa shape index (κ1) is 19.1. The van der Waals surface area contributed by atoms with Gasteiger partial charge < -0.3 is 15.2 Å². The minimum atomic E-state index is -0.995. The van der Waals surface area contributed by atoms with Crippen LogP contribution >= 0.6 is 11.3 Å². The van der Waals surface area contributed by atoms with E-state index in [-0.39, 0.29) is 18.9 Å². The lowest BCUT2D eigenvalue weighted by atomic mass is 9.99. The molecule has 1 amide bonds. The number of aromatic nitrogens is 1. The summed E-state index contributed by atoms with van der Waals surface area (Å²) in [7, 11) is 1.47.